The van der Waals surface area contributed by atoms with Gasteiger partial charge < -0.3 is 9.64 Å². The zero-order valence-corrected chi connectivity index (χ0v) is 14.6. The molecule has 2 aromatic carbocycles. The molecule has 25 heavy (non-hydrogen) atoms. The molecule has 1 heterocycles. The quantitative estimate of drug-likeness (QED) is 0.715. The molecule has 0 aliphatic carbocycles. The van der Waals surface area contributed by atoms with Crippen molar-refractivity contribution in [1.29, 1.82) is 0 Å². The Hall–Kier alpha value is -3.08. The molecule has 0 fully saturated rings. The monoisotopic (exact) mass is 335 g/mol. The van der Waals surface area contributed by atoms with E-state index in [0.29, 0.717) is 17.8 Å². The molecule has 5 heteroatoms. The highest BCUT2D eigenvalue weighted by Gasteiger charge is 2.20. The van der Waals surface area contributed by atoms with Crippen molar-refractivity contribution in [2.24, 2.45) is 0 Å². The minimum atomic E-state index is -0.0458. The third-order valence-corrected chi connectivity index (χ3v) is 4.15. The molecule has 1 amide bonds. The largest absolute Gasteiger partial charge is 0.497 e. The van der Waals surface area contributed by atoms with Crippen molar-refractivity contribution in [2.75, 3.05) is 20.7 Å². The summed E-state index contributed by atoms with van der Waals surface area (Å²) in [5.74, 6) is 0.722. The number of amides is 1. The minimum Gasteiger partial charge on any atom is -0.497 e. The molecule has 3 rings (SSSR count). The fourth-order valence-corrected chi connectivity index (χ4v) is 2.55. The lowest BCUT2D eigenvalue weighted by atomic mass is 10.1. The van der Waals surface area contributed by atoms with E-state index in [4.69, 9.17) is 4.74 Å². The highest BCUT2D eigenvalue weighted by molar-refractivity contribution is 5.99. The fraction of sp³-hybridized carbons (Fsp3) is 0.200. The number of hydrogen-bond donors (Lipinski definition) is 0. The first-order valence-corrected chi connectivity index (χ1v) is 8.19. The van der Waals surface area contributed by atoms with Crippen LogP contribution in [0.3, 0.4) is 0 Å². The van der Waals surface area contributed by atoms with Crippen LogP contribution in [-0.4, -0.2) is 41.3 Å². The number of methoxy groups -OCH3 is 1. The highest BCUT2D eigenvalue weighted by atomic mass is 16.5. The normalized spacial score (nSPS) is 10.5. The smallest absolute Gasteiger partial charge is 0.257 e. The molecule has 128 valence electrons. The topological polar surface area (TPSA) is 47.4 Å². The Kier molecular flexibility index (Phi) is 4.84. The van der Waals surface area contributed by atoms with E-state index in [1.165, 1.54) is 0 Å². The molecule has 0 N–H and O–H groups in total. The van der Waals surface area contributed by atoms with Crippen LogP contribution < -0.4 is 4.74 Å². The molecule has 5 nitrogen and oxygen atoms in total. The molecule has 0 saturated heterocycles. The maximum Gasteiger partial charge on any atom is 0.257 e. The average Bonchev–Trinajstić information content (AvgIpc) is 3.13. The maximum absolute atomic E-state index is 12.8. The van der Waals surface area contributed by atoms with Gasteiger partial charge in [0.25, 0.3) is 5.91 Å². The number of hydrogen-bond acceptors (Lipinski definition) is 3. The van der Waals surface area contributed by atoms with Crippen LogP contribution >= 0.6 is 0 Å². The van der Waals surface area contributed by atoms with E-state index in [-0.39, 0.29) is 5.91 Å². The predicted octanol–water partition coefficient (Wildman–Crippen LogP) is 3.64. The molecule has 0 unspecified atom stereocenters. The van der Waals surface area contributed by atoms with Crippen LogP contribution in [0.15, 0.2) is 60.8 Å². The molecule has 0 aliphatic heterocycles. The van der Waals surface area contributed by atoms with Gasteiger partial charge in [-0.05, 0) is 43.3 Å². The Morgan fingerprint density at radius 1 is 1.12 bits per heavy atom. The van der Waals surface area contributed by atoms with Crippen LogP contribution in [0.1, 0.15) is 17.3 Å². The summed E-state index contributed by atoms with van der Waals surface area (Å²) >= 11 is 0. The van der Waals surface area contributed by atoms with E-state index in [9.17, 15) is 4.79 Å². The van der Waals surface area contributed by atoms with Crippen LogP contribution in [0, 0.1) is 0 Å². The van der Waals surface area contributed by atoms with Crippen molar-refractivity contribution in [1.82, 2.24) is 14.7 Å². The zero-order chi connectivity index (χ0) is 17.8. The third-order valence-electron chi connectivity index (χ3n) is 4.15. The summed E-state index contributed by atoms with van der Waals surface area (Å²) in [4.78, 5) is 14.5. The minimum absolute atomic E-state index is 0.0458. The number of para-hydroxylation sites is 1. The van der Waals surface area contributed by atoms with Gasteiger partial charge >= 0.3 is 0 Å². The summed E-state index contributed by atoms with van der Waals surface area (Å²) in [7, 11) is 3.42. The number of aromatic nitrogens is 2. The molecule has 1 aromatic heterocycles. The van der Waals surface area contributed by atoms with Gasteiger partial charge in [-0.1, -0.05) is 18.2 Å². The molecule has 0 spiro atoms. The van der Waals surface area contributed by atoms with Crippen molar-refractivity contribution in [3.05, 3.63) is 66.4 Å². The van der Waals surface area contributed by atoms with Gasteiger partial charge in [-0.25, -0.2) is 4.68 Å². The first-order chi connectivity index (χ1) is 12.1. The number of ether oxygens (including phenoxy) is 1. The molecule has 0 aliphatic rings. The third kappa shape index (κ3) is 3.40. The number of carbonyl (C=O) groups excluding carboxylic acids is 1. The molecule has 0 atom stereocenters. The van der Waals surface area contributed by atoms with Gasteiger partial charge in [0.1, 0.15) is 11.4 Å². The Bertz CT molecular complexity index is 854. The summed E-state index contributed by atoms with van der Waals surface area (Å²) in [6.07, 6.45) is 1.80. The van der Waals surface area contributed by atoms with E-state index in [0.717, 1.165) is 17.0 Å². The van der Waals surface area contributed by atoms with Crippen LogP contribution in [0.4, 0.5) is 0 Å². The van der Waals surface area contributed by atoms with Gasteiger partial charge in [-0.3, -0.25) is 4.79 Å². The summed E-state index contributed by atoms with van der Waals surface area (Å²) in [6.45, 7) is 2.59. The molecular formula is C20H21N3O2. The number of carbonyl (C=O) groups is 1. The van der Waals surface area contributed by atoms with E-state index in [1.807, 2.05) is 61.5 Å². The van der Waals surface area contributed by atoms with Gasteiger partial charge in [0.15, 0.2) is 0 Å². The number of rotatable bonds is 5. The van der Waals surface area contributed by atoms with Crippen molar-refractivity contribution >= 4 is 5.91 Å². The van der Waals surface area contributed by atoms with Gasteiger partial charge in [0.05, 0.1) is 18.4 Å². The van der Waals surface area contributed by atoms with Crippen molar-refractivity contribution in [3.8, 4) is 22.7 Å². The molecular weight excluding hydrogens is 314 g/mol. The average molecular weight is 335 g/mol. The molecule has 3 aromatic rings. The molecule has 0 radical (unpaired) electrons. The Morgan fingerprint density at radius 3 is 2.40 bits per heavy atom. The Morgan fingerprint density at radius 2 is 1.80 bits per heavy atom. The second-order valence-electron chi connectivity index (χ2n) is 5.72. The lowest BCUT2D eigenvalue weighted by Crippen LogP contribution is -2.26. The van der Waals surface area contributed by atoms with Gasteiger partial charge in [-0.2, -0.15) is 5.10 Å². The van der Waals surface area contributed by atoms with E-state index < -0.39 is 0 Å². The summed E-state index contributed by atoms with van der Waals surface area (Å²) < 4.78 is 6.96. The Balaban J connectivity index is 2.10. The molecule has 0 bridgehead atoms. The second-order valence-corrected chi connectivity index (χ2v) is 5.72. The summed E-state index contributed by atoms with van der Waals surface area (Å²) in [5, 5.41) is 4.67. The van der Waals surface area contributed by atoms with Gasteiger partial charge in [-0.15, -0.1) is 0 Å². The zero-order valence-electron chi connectivity index (χ0n) is 14.6. The lowest BCUT2D eigenvalue weighted by molar-refractivity contribution is 0.0803. The van der Waals surface area contributed by atoms with E-state index in [2.05, 4.69) is 5.10 Å². The first kappa shape index (κ1) is 16.8. The number of benzene rings is 2. The van der Waals surface area contributed by atoms with Gasteiger partial charge in [0, 0.05) is 25.4 Å². The predicted molar refractivity (Wildman–Crippen MR) is 98.2 cm³/mol. The van der Waals surface area contributed by atoms with Crippen LogP contribution in [0.5, 0.6) is 5.75 Å². The van der Waals surface area contributed by atoms with E-state index >= 15 is 0 Å². The van der Waals surface area contributed by atoms with Crippen LogP contribution in [0.25, 0.3) is 16.9 Å². The van der Waals surface area contributed by atoms with Gasteiger partial charge in [0.2, 0.25) is 0 Å². The Labute approximate surface area is 147 Å². The highest BCUT2D eigenvalue weighted by Crippen LogP contribution is 2.26. The fourth-order valence-electron chi connectivity index (χ4n) is 2.55. The van der Waals surface area contributed by atoms with Crippen LogP contribution in [0.2, 0.25) is 0 Å². The second kappa shape index (κ2) is 7.21. The van der Waals surface area contributed by atoms with Crippen molar-refractivity contribution in [2.45, 2.75) is 6.92 Å². The summed E-state index contributed by atoms with van der Waals surface area (Å²) in [5.41, 5.74) is 3.04. The standard InChI is InChI=1S/C20H21N3O2/c1-4-22(2)20(24)18-14-23(16-8-6-5-7-9-16)21-19(18)15-10-12-17(25-3)13-11-15/h5-14H,4H2,1-3H3. The molecule has 0 saturated carbocycles. The maximum atomic E-state index is 12.8. The van der Waals surface area contributed by atoms with E-state index in [1.54, 1.807) is 29.9 Å². The van der Waals surface area contributed by atoms with Crippen molar-refractivity contribution in [3.63, 3.8) is 0 Å². The van der Waals surface area contributed by atoms with Crippen LogP contribution in [-0.2, 0) is 0 Å². The van der Waals surface area contributed by atoms with Crippen molar-refractivity contribution < 1.29 is 9.53 Å². The SMILES string of the molecule is CCN(C)C(=O)c1cn(-c2ccccc2)nc1-c1ccc(OC)cc1. The lowest BCUT2D eigenvalue weighted by Gasteiger charge is -2.14. The first-order valence-electron chi connectivity index (χ1n) is 8.19. The summed E-state index contributed by atoms with van der Waals surface area (Å²) in [6, 6.07) is 17.3. The number of nitrogens with zero attached hydrogens (tertiary/aromatic N) is 3.